The van der Waals surface area contributed by atoms with Crippen molar-refractivity contribution in [3.63, 3.8) is 0 Å². The lowest BCUT2D eigenvalue weighted by Gasteiger charge is -2.08. The molecular weight excluding hydrogens is 344 g/mol. The van der Waals surface area contributed by atoms with E-state index in [0.29, 0.717) is 10.7 Å². The van der Waals surface area contributed by atoms with Gasteiger partial charge in [-0.3, -0.25) is 4.79 Å². The Balaban J connectivity index is 1.93. The minimum atomic E-state index is -0.948. The Morgan fingerprint density at radius 2 is 1.91 bits per heavy atom. The molecule has 1 amide bonds. The van der Waals surface area contributed by atoms with Gasteiger partial charge in [0.25, 0.3) is 5.91 Å². The zero-order valence-corrected chi connectivity index (χ0v) is 13.5. The molecule has 2 aromatic rings. The summed E-state index contributed by atoms with van der Waals surface area (Å²) >= 11 is 11.5. The molecule has 2 aromatic carbocycles. The van der Waals surface area contributed by atoms with Crippen molar-refractivity contribution in [2.24, 2.45) is 0 Å². The fourth-order valence-electron chi connectivity index (χ4n) is 1.73. The van der Waals surface area contributed by atoms with Crippen LogP contribution in [0, 0.1) is 12.7 Å². The smallest absolute Gasteiger partial charge is 0.341 e. The Bertz CT molecular complexity index is 765. The monoisotopic (exact) mass is 355 g/mol. The number of carbonyl (C=O) groups is 2. The number of esters is 1. The minimum absolute atomic E-state index is 0.160. The molecule has 0 aliphatic heterocycles. The molecule has 0 aliphatic rings. The summed E-state index contributed by atoms with van der Waals surface area (Å²) in [5.74, 6) is -2.32. The molecule has 0 atom stereocenters. The van der Waals surface area contributed by atoms with Crippen molar-refractivity contribution in [2.45, 2.75) is 6.92 Å². The van der Waals surface area contributed by atoms with E-state index in [9.17, 15) is 14.0 Å². The van der Waals surface area contributed by atoms with E-state index in [1.807, 2.05) is 6.92 Å². The molecule has 0 aromatic heterocycles. The highest BCUT2D eigenvalue weighted by molar-refractivity contribution is 6.31. The fraction of sp³-hybridized carbons (Fsp3) is 0.125. The molecule has 23 heavy (non-hydrogen) atoms. The largest absolute Gasteiger partial charge is 0.452 e. The van der Waals surface area contributed by atoms with Crippen molar-refractivity contribution in [1.29, 1.82) is 0 Å². The van der Waals surface area contributed by atoms with Crippen LogP contribution in [0.4, 0.5) is 10.1 Å². The molecule has 0 bridgehead atoms. The van der Waals surface area contributed by atoms with E-state index in [-0.39, 0.29) is 10.6 Å². The van der Waals surface area contributed by atoms with Crippen molar-refractivity contribution < 1.29 is 18.7 Å². The summed E-state index contributed by atoms with van der Waals surface area (Å²) in [6.07, 6.45) is 0. The Morgan fingerprint density at radius 3 is 2.57 bits per heavy atom. The molecule has 0 heterocycles. The van der Waals surface area contributed by atoms with Crippen LogP contribution in [0.2, 0.25) is 10.0 Å². The lowest BCUT2D eigenvalue weighted by molar-refractivity contribution is -0.119. The van der Waals surface area contributed by atoms with Gasteiger partial charge < -0.3 is 10.1 Å². The maximum Gasteiger partial charge on any atom is 0.341 e. The number of amides is 1. The van der Waals surface area contributed by atoms with Gasteiger partial charge >= 0.3 is 5.97 Å². The number of rotatable bonds is 4. The van der Waals surface area contributed by atoms with Gasteiger partial charge in [0.1, 0.15) is 5.82 Å². The number of nitrogens with one attached hydrogen (secondary N) is 1. The Labute approximate surface area is 142 Å². The summed E-state index contributed by atoms with van der Waals surface area (Å²) in [7, 11) is 0. The zero-order chi connectivity index (χ0) is 17.0. The van der Waals surface area contributed by atoms with Crippen molar-refractivity contribution in [1.82, 2.24) is 0 Å². The first kappa shape index (κ1) is 17.2. The van der Waals surface area contributed by atoms with Crippen LogP contribution in [0.1, 0.15) is 15.9 Å². The molecule has 7 heteroatoms. The lowest BCUT2D eigenvalue weighted by Crippen LogP contribution is -2.21. The number of benzene rings is 2. The van der Waals surface area contributed by atoms with Crippen LogP contribution in [-0.2, 0) is 9.53 Å². The van der Waals surface area contributed by atoms with Crippen molar-refractivity contribution in [3.05, 3.63) is 63.4 Å². The number of anilines is 1. The SMILES string of the molecule is Cc1ccc(NC(=O)COC(=O)c2ccc(Cl)cc2F)cc1Cl. The Morgan fingerprint density at radius 1 is 1.17 bits per heavy atom. The van der Waals surface area contributed by atoms with Crippen LogP contribution >= 0.6 is 23.2 Å². The standard InChI is InChI=1S/C16H12Cl2FNO3/c1-9-2-4-11(7-13(9)18)20-15(21)8-23-16(22)12-5-3-10(17)6-14(12)19/h2-7H,8H2,1H3,(H,20,21). The van der Waals surface area contributed by atoms with E-state index in [0.717, 1.165) is 11.6 Å². The number of hydrogen-bond donors (Lipinski definition) is 1. The summed E-state index contributed by atoms with van der Waals surface area (Å²) in [5.41, 5.74) is 1.05. The van der Waals surface area contributed by atoms with Gasteiger partial charge in [0.05, 0.1) is 5.56 Å². The molecule has 0 aliphatic carbocycles. The van der Waals surface area contributed by atoms with E-state index >= 15 is 0 Å². The predicted octanol–water partition coefficient (Wildman–Crippen LogP) is 4.24. The lowest BCUT2D eigenvalue weighted by atomic mass is 10.2. The normalized spacial score (nSPS) is 10.3. The summed E-state index contributed by atoms with van der Waals surface area (Å²) in [4.78, 5) is 23.5. The molecular formula is C16H12Cl2FNO3. The first-order chi connectivity index (χ1) is 10.9. The average Bonchev–Trinajstić information content (AvgIpc) is 2.48. The van der Waals surface area contributed by atoms with Crippen LogP contribution in [0.25, 0.3) is 0 Å². The van der Waals surface area contributed by atoms with Gasteiger partial charge in [0, 0.05) is 15.7 Å². The molecule has 0 spiro atoms. The number of aryl methyl sites for hydroxylation is 1. The molecule has 0 saturated heterocycles. The van der Waals surface area contributed by atoms with Gasteiger partial charge in [-0.1, -0.05) is 29.3 Å². The van der Waals surface area contributed by atoms with Gasteiger partial charge in [-0.05, 0) is 42.8 Å². The molecule has 0 radical (unpaired) electrons. The molecule has 0 saturated carbocycles. The van der Waals surface area contributed by atoms with Gasteiger partial charge in [0.2, 0.25) is 0 Å². The number of halogens is 3. The summed E-state index contributed by atoms with van der Waals surface area (Å²) in [5, 5.41) is 3.19. The molecule has 0 fully saturated rings. The number of hydrogen-bond acceptors (Lipinski definition) is 3. The first-order valence-electron chi connectivity index (χ1n) is 6.55. The Kier molecular flexibility index (Phi) is 5.58. The van der Waals surface area contributed by atoms with Gasteiger partial charge in [0.15, 0.2) is 6.61 Å². The van der Waals surface area contributed by atoms with Crippen LogP contribution in [-0.4, -0.2) is 18.5 Å². The molecule has 2 rings (SSSR count). The second-order valence-corrected chi connectivity index (χ2v) is 5.56. The molecule has 120 valence electrons. The van der Waals surface area contributed by atoms with E-state index in [1.54, 1.807) is 18.2 Å². The molecule has 1 N–H and O–H groups in total. The van der Waals surface area contributed by atoms with Crippen LogP contribution in [0.3, 0.4) is 0 Å². The summed E-state index contributed by atoms with van der Waals surface area (Å²) < 4.78 is 18.3. The maximum absolute atomic E-state index is 13.6. The second-order valence-electron chi connectivity index (χ2n) is 4.71. The van der Waals surface area contributed by atoms with Crippen LogP contribution < -0.4 is 5.32 Å². The zero-order valence-electron chi connectivity index (χ0n) is 12.0. The van der Waals surface area contributed by atoms with E-state index < -0.39 is 24.3 Å². The quantitative estimate of drug-likeness (QED) is 0.834. The van der Waals surface area contributed by atoms with Crippen molar-refractivity contribution in [3.8, 4) is 0 Å². The topological polar surface area (TPSA) is 55.4 Å². The van der Waals surface area contributed by atoms with Gasteiger partial charge in [-0.2, -0.15) is 0 Å². The van der Waals surface area contributed by atoms with Crippen molar-refractivity contribution in [2.75, 3.05) is 11.9 Å². The fourth-order valence-corrected chi connectivity index (χ4v) is 2.07. The number of carbonyl (C=O) groups excluding carboxylic acids is 2. The van der Waals surface area contributed by atoms with Crippen molar-refractivity contribution >= 4 is 40.8 Å². The van der Waals surface area contributed by atoms with Crippen LogP contribution in [0.15, 0.2) is 36.4 Å². The highest BCUT2D eigenvalue weighted by Gasteiger charge is 2.15. The minimum Gasteiger partial charge on any atom is -0.452 e. The molecule has 0 unspecified atom stereocenters. The summed E-state index contributed by atoms with van der Waals surface area (Å²) in [6, 6.07) is 8.53. The predicted molar refractivity (Wildman–Crippen MR) is 86.5 cm³/mol. The van der Waals surface area contributed by atoms with Crippen LogP contribution in [0.5, 0.6) is 0 Å². The highest BCUT2D eigenvalue weighted by atomic mass is 35.5. The summed E-state index contributed by atoms with van der Waals surface area (Å²) in [6.45, 7) is 1.28. The average molecular weight is 356 g/mol. The molecule has 4 nitrogen and oxygen atoms in total. The van der Waals surface area contributed by atoms with Gasteiger partial charge in [-0.25, -0.2) is 9.18 Å². The second kappa shape index (κ2) is 7.44. The van der Waals surface area contributed by atoms with E-state index in [4.69, 9.17) is 27.9 Å². The number of ether oxygens (including phenoxy) is 1. The third-order valence-electron chi connectivity index (χ3n) is 2.94. The Hall–Kier alpha value is -2.11. The van der Waals surface area contributed by atoms with Gasteiger partial charge in [-0.15, -0.1) is 0 Å². The third kappa shape index (κ3) is 4.68. The van der Waals surface area contributed by atoms with E-state index in [2.05, 4.69) is 5.32 Å². The first-order valence-corrected chi connectivity index (χ1v) is 7.30. The maximum atomic E-state index is 13.6. The third-order valence-corrected chi connectivity index (χ3v) is 3.58. The highest BCUT2D eigenvalue weighted by Crippen LogP contribution is 2.20. The van der Waals surface area contributed by atoms with E-state index in [1.165, 1.54) is 12.1 Å².